The largest absolute Gasteiger partial charge is 0.368 e. The van der Waals surface area contributed by atoms with E-state index < -0.39 is 0 Å². The van der Waals surface area contributed by atoms with Gasteiger partial charge in [-0.05, 0) is 41.5 Å². The molecule has 0 amide bonds. The van der Waals surface area contributed by atoms with Gasteiger partial charge in [-0.25, -0.2) is 0 Å². The van der Waals surface area contributed by atoms with Crippen LogP contribution in [0.2, 0.25) is 0 Å². The molecule has 0 aliphatic carbocycles. The zero-order valence-corrected chi connectivity index (χ0v) is 11.8. The first-order valence-electron chi connectivity index (χ1n) is 5.84. The summed E-state index contributed by atoms with van der Waals surface area (Å²) >= 11 is 0. The van der Waals surface area contributed by atoms with E-state index in [4.69, 9.17) is 4.74 Å². The van der Waals surface area contributed by atoms with Crippen LogP contribution in [0.25, 0.3) is 4.85 Å². The van der Waals surface area contributed by atoms with E-state index >= 15 is 0 Å². The third-order valence-electron chi connectivity index (χ3n) is 1.41. The fraction of sp³-hybridized carbons (Fsp3) is 0.923. The maximum atomic E-state index is 5.51. The van der Waals surface area contributed by atoms with E-state index in [1.165, 1.54) is 0 Å². The van der Waals surface area contributed by atoms with E-state index in [0.717, 1.165) is 6.61 Å². The van der Waals surface area contributed by atoms with Gasteiger partial charge in [0.25, 0.3) is 12.6 Å². The van der Waals surface area contributed by atoms with E-state index in [9.17, 15) is 0 Å². The highest BCUT2D eigenvalue weighted by atomic mass is 16.5. The predicted molar refractivity (Wildman–Crippen MR) is 68.6 cm³/mol. The topological polar surface area (TPSA) is 13.6 Å². The van der Waals surface area contributed by atoms with Crippen molar-refractivity contribution in [1.82, 2.24) is 0 Å². The van der Waals surface area contributed by atoms with Gasteiger partial charge in [-0.2, -0.15) is 0 Å². The van der Waals surface area contributed by atoms with Gasteiger partial charge >= 0.3 is 0 Å². The normalized spacial score (nSPS) is 10.9. The van der Waals surface area contributed by atoms with Crippen molar-refractivity contribution < 1.29 is 4.74 Å². The number of hydrogen-bond donors (Lipinski definition) is 0. The molecule has 0 atom stereocenters. The molecular formula is C13H28NO+. The molecule has 2 nitrogen and oxygen atoms in total. The molecule has 0 aliphatic rings. The highest BCUT2D eigenvalue weighted by Gasteiger charge is 2.24. The van der Waals surface area contributed by atoms with Crippen LogP contribution in [0.5, 0.6) is 0 Å². The van der Waals surface area contributed by atoms with Crippen molar-refractivity contribution >= 4 is 0 Å². The Kier molecular flexibility index (Phi) is 8.66. The lowest BCUT2D eigenvalue weighted by Gasteiger charge is -2.15. The van der Waals surface area contributed by atoms with Gasteiger partial charge in [0.2, 0.25) is 0 Å². The van der Waals surface area contributed by atoms with Crippen LogP contribution in [-0.2, 0) is 4.74 Å². The molecule has 0 N–H and O–H groups in total. The standard InChI is InChI=1S/C11H22NO.C2H6/c1-7-13-11(5,6)9-12-8-10(2,3)4;1-2/h7,9H2,1-6H3;1-2H3/q+1;. The van der Waals surface area contributed by atoms with Crippen LogP contribution in [-0.4, -0.2) is 18.8 Å². The third kappa shape index (κ3) is 13.4. The van der Waals surface area contributed by atoms with Crippen molar-refractivity contribution in [2.75, 3.05) is 13.2 Å². The van der Waals surface area contributed by atoms with Crippen LogP contribution in [0.1, 0.15) is 55.4 Å². The first kappa shape index (κ1) is 16.9. The molecule has 0 aromatic heterocycles. The molecule has 2 heteroatoms. The summed E-state index contributed by atoms with van der Waals surface area (Å²) in [5.74, 6) is 0. The minimum Gasteiger partial charge on any atom is -0.368 e. The SMILES string of the molecule is CC.CCOC(C)(C)C[N+]#CC(C)(C)C. The van der Waals surface area contributed by atoms with E-state index in [0.29, 0.717) is 6.54 Å². The van der Waals surface area contributed by atoms with Gasteiger partial charge in [0.15, 0.2) is 0 Å². The second-order valence-electron chi connectivity index (χ2n) is 4.87. The fourth-order valence-electron chi connectivity index (χ4n) is 0.903. The highest BCUT2D eigenvalue weighted by molar-refractivity contribution is 5.00. The summed E-state index contributed by atoms with van der Waals surface area (Å²) in [5.41, 5.74) is -0.116. The molecule has 0 saturated heterocycles. The maximum Gasteiger partial charge on any atom is 0.291 e. The highest BCUT2D eigenvalue weighted by Crippen LogP contribution is 2.13. The molecule has 0 rings (SSSR count). The molecule has 0 aliphatic heterocycles. The molecule has 0 heterocycles. The van der Waals surface area contributed by atoms with Crippen molar-refractivity contribution in [3.63, 3.8) is 0 Å². The fourth-order valence-corrected chi connectivity index (χ4v) is 0.903. The number of ether oxygens (including phenoxy) is 1. The third-order valence-corrected chi connectivity index (χ3v) is 1.41. The monoisotopic (exact) mass is 214 g/mol. The van der Waals surface area contributed by atoms with Crippen LogP contribution < -0.4 is 0 Å². The van der Waals surface area contributed by atoms with Crippen LogP contribution in [0.3, 0.4) is 0 Å². The molecule has 15 heavy (non-hydrogen) atoms. The van der Waals surface area contributed by atoms with Crippen molar-refractivity contribution in [3.8, 4) is 6.07 Å². The zero-order chi connectivity index (χ0) is 12.5. The predicted octanol–water partition coefficient (Wildman–Crippen LogP) is 4.21. The molecule has 0 saturated carbocycles. The summed E-state index contributed by atoms with van der Waals surface area (Å²) in [6.45, 7) is 17.8. The Morgan fingerprint density at radius 1 is 1.07 bits per heavy atom. The second-order valence-corrected chi connectivity index (χ2v) is 4.87. The molecule has 90 valence electrons. The molecule has 0 radical (unpaired) electrons. The summed E-state index contributed by atoms with van der Waals surface area (Å²) in [6.07, 6.45) is 0. The van der Waals surface area contributed by atoms with Crippen LogP contribution >= 0.6 is 0 Å². The van der Waals surface area contributed by atoms with Crippen LogP contribution in [0.15, 0.2) is 0 Å². The summed E-state index contributed by atoms with van der Waals surface area (Å²) in [4.78, 5) is 4.26. The molecule has 0 spiro atoms. The summed E-state index contributed by atoms with van der Waals surface area (Å²) in [5, 5.41) is 0. The quantitative estimate of drug-likeness (QED) is 0.686. The number of hydrogen-bond acceptors (Lipinski definition) is 1. The summed E-state index contributed by atoms with van der Waals surface area (Å²) in [6, 6.07) is 3.08. The number of nitrogens with zero attached hydrogens (tertiary/aromatic N) is 1. The minimum absolute atomic E-state index is 0.0439. The molecule has 0 aromatic carbocycles. The lowest BCUT2D eigenvalue weighted by molar-refractivity contribution is 0.00307. The van der Waals surface area contributed by atoms with Gasteiger partial charge in [-0.15, -0.1) is 0 Å². The van der Waals surface area contributed by atoms with E-state index in [-0.39, 0.29) is 11.0 Å². The average Bonchev–Trinajstić information content (AvgIpc) is 2.04. The van der Waals surface area contributed by atoms with E-state index in [1.807, 2.05) is 34.6 Å². The number of rotatable bonds is 3. The lowest BCUT2D eigenvalue weighted by Crippen LogP contribution is -2.27. The molecule has 0 bridgehead atoms. The Labute approximate surface area is 95.8 Å². The molecular weight excluding hydrogens is 186 g/mol. The zero-order valence-electron chi connectivity index (χ0n) is 11.8. The van der Waals surface area contributed by atoms with Crippen LogP contribution in [0.4, 0.5) is 0 Å². The van der Waals surface area contributed by atoms with Crippen molar-refractivity contribution in [3.05, 3.63) is 4.85 Å². The summed E-state index contributed by atoms with van der Waals surface area (Å²) in [7, 11) is 0. The van der Waals surface area contributed by atoms with Gasteiger partial charge in [-0.3, -0.25) is 0 Å². The molecule has 0 unspecified atom stereocenters. The summed E-state index contributed by atoms with van der Waals surface area (Å²) < 4.78 is 5.51. The van der Waals surface area contributed by atoms with Crippen molar-refractivity contribution in [2.45, 2.75) is 61.0 Å². The lowest BCUT2D eigenvalue weighted by atomic mass is 10.00. The smallest absolute Gasteiger partial charge is 0.291 e. The van der Waals surface area contributed by atoms with Crippen molar-refractivity contribution in [2.24, 2.45) is 5.41 Å². The minimum atomic E-state index is -0.160. The second kappa shape index (κ2) is 7.70. The van der Waals surface area contributed by atoms with Gasteiger partial charge in [0, 0.05) is 6.61 Å². The van der Waals surface area contributed by atoms with Gasteiger partial charge in [0.05, 0.1) is 5.41 Å². The van der Waals surface area contributed by atoms with Crippen molar-refractivity contribution in [1.29, 1.82) is 0 Å². The van der Waals surface area contributed by atoms with Gasteiger partial charge in [-0.1, -0.05) is 18.7 Å². The first-order chi connectivity index (χ1) is 6.77. The Bertz CT molecular complexity index is 203. The maximum absolute atomic E-state index is 5.51. The Morgan fingerprint density at radius 3 is 1.87 bits per heavy atom. The molecule has 0 aromatic rings. The van der Waals surface area contributed by atoms with E-state index in [2.05, 4.69) is 31.7 Å². The Morgan fingerprint density at radius 2 is 1.53 bits per heavy atom. The van der Waals surface area contributed by atoms with Crippen LogP contribution in [0, 0.1) is 11.5 Å². The average molecular weight is 214 g/mol. The first-order valence-corrected chi connectivity index (χ1v) is 5.84. The van der Waals surface area contributed by atoms with Gasteiger partial charge < -0.3 is 4.74 Å². The van der Waals surface area contributed by atoms with E-state index in [1.54, 1.807) is 0 Å². The molecule has 0 fully saturated rings. The Balaban J connectivity index is 0. The van der Waals surface area contributed by atoms with Gasteiger partial charge in [0.1, 0.15) is 5.60 Å². The Hall–Kier alpha value is -0.550.